The van der Waals surface area contributed by atoms with Crippen LogP contribution in [-0.4, -0.2) is 37.0 Å². The fraction of sp³-hybridized carbons (Fsp3) is 0.800. The minimum atomic E-state index is -3.92. The van der Waals surface area contributed by atoms with Gasteiger partial charge in [-0.25, -0.2) is 0 Å². The van der Waals surface area contributed by atoms with Gasteiger partial charge in [0.1, 0.15) is 0 Å². The summed E-state index contributed by atoms with van der Waals surface area (Å²) in [6.45, 7) is 3.66. The van der Waals surface area contributed by atoms with Gasteiger partial charge < -0.3 is 17.8 Å². The van der Waals surface area contributed by atoms with Crippen LogP contribution in [0.5, 0.6) is 0 Å². The predicted octanol–water partition coefficient (Wildman–Crippen LogP) is -3.96. The van der Waals surface area contributed by atoms with Crippen molar-refractivity contribution >= 4 is 10.1 Å². The van der Waals surface area contributed by atoms with Crippen LogP contribution >= 0.6 is 0 Å². The number of rotatable bonds is 3. The van der Waals surface area contributed by atoms with Crippen molar-refractivity contribution in [3.05, 3.63) is 6.92 Å². The Morgan fingerprint density at radius 2 is 1.75 bits per heavy atom. The standard InChI is InChI=1S/C3H8N.C2H6O4S.Na/c1-2-3-4;3-1-2-7(4,5)6;/h1-4H2;3H,1-2H2,(H,4,5,6);/q-1;;+1. The van der Waals surface area contributed by atoms with Gasteiger partial charge in [-0.2, -0.15) is 14.8 Å². The molecule has 70 valence electrons. The maximum Gasteiger partial charge on any atom is 1.00 e. The van der Waals surface area contributed by atoms with Crippen molar-refractivity contribution in [3.8, 4) is 0 Å². The van der Waals surface area contributed by atoms with E-state index in [2.05, 4.69) is 6.92 Å². The van der Waals surface area contributed by atoms with Gasteiger partial charge in [0.2, 0.25) is 0 Å². The smallest absolute Gasteiger partial charge is 0.395 e. The maximum atomic E-state index is 9.63. The molecule has 0 heterocycles. The van der Waals surface area contributed by atoms with E-state index < -0.39 is 22.5 Å². The van der Waals surface area contributed by atoms with Crippen LogP contribution in [0.4, 0.5) is 0 Å². The molecule has 5 nitrogen and oxygen atoms in total. The molecule has 0 saturated carbocycles. The first-order valence-electron chi connectivity index (χ1n) is 3.03. The van der Waals surface area contributed by atoms with Gasteiger partial charge in [0.05, 0.1) is 12.4 Å². The van der Waals surface area contributed by atoms with Gasteiger partial charge >= 0.3 is 29.6 Å². The van der Waals surface area contributed by atoms with Crippen molar-refractivity contribution in [2.45, 2.75) is 6.42 Å². The maximum absolute atomic E-state index is 9.63. The minimum absolute atomic E-state index is 0. The normalized spacial score (nSPS) is 9.33. The molecule has 0 aromatic carbocycles. The van der Waals surface area contributed by atoms with E-state index in [0.717, 1.165) is 6.42 Å². The van der Waals surface area contributed by atoms with Gasteiger partial charge in [-0.3, -0.25) is 4.55 Å². The van der Waals surface area contributed by atoms with E-state index >= 15 is 0 Å². The van der Waals surface area contributed by atoms with E-state index in [-0.39, 0.29) is 29.6 Å². The third-order valence-electron chi connectivity index (χ3n) is 0.553. The van der Waals surface area contributed by atoms with Crippen molar-refractivity contribution in [2.24, 2.45) is 5.73 Å². The van der Waals surface area contributed by atoms with Crippen LogP contribution in [0.3, 0.4) is 0 Å². The summed E-state index contributed by atoms with van der Waals surface area (Å²) in [5.74, 6) is -0.576. The second-order valence-electron chi connectivity index (χ2n) is 1.65. The molecule has 0 bridgehead atoms. The summed E-state index contributed by atoms with van der Waals surface area (Å²) in [5.41, 5.74) is 4.97. The van der Waals surface area contributed by atoms with Crippen LogP contribution in [0.25, 0.3) is 0 Å². The monoisotopic (exact) mass is 207 g/mol. The summed E-state index contributed by atoms with van der Waals surface area (Å²) in [6, 6.07) is 0. The van der Waals surface area contributed by atoms with Gasteiger partial charge in [0.15, 0.2) is 0 Å². The van der Waals surface area contributed by atoms with Gasteiger partial charge in [0.25, 0.3) is 10.1 Å². The number of nitrogens with two attached hydrogens (primary N) is 1. The number of aliphatic hydroxyl groups excluding tert-OH is 1. The van der Waals surface area contributed by atoms with E-state index in [1.165, 1.54) is 0 Å². The molecule has 0 unspecified atom stereocenters. The Morgan fingerprint density at radius 1 is 1.42 bits per heavy atom. The Kier molecular flexibility index (Phi) is 18.3. The fourth-order valence-electron chi connectivity index (χ4n) is 0.115. The molecule has 0 atom stereocenters. The van der Waals surface area contributed by atoms with Crippen molar-refractivity contribution in [3.63, 3.8) is 0 Å². The molecule has 0 fully saturated rings. The molecule has 0 aliphatic carbocycles. The minimum Gasteiger partial charge on any atom is -0.395 e. The molecular weight excluding hydrogens is 193 g/mol. The molecule has 0 amide bonds. The van der Waals surface area contributed by atoms with E-state index in [0.29, 0.717) is 6.54 Å². The molecule has 4 N–H and O–H groups in total. The van der Waals surface area contributed by atoms with Crippen molar-refractivity contribution < 1.29 is 47.6 Å². The molecule has 12 heavy (non-hydrogen) atoms. The molecule has 0 aromatic heterocycles. The zero-order valence-electron chi connectivity index (χ0n) is 7.23. The Balaban J connectivity index is -0.000000142. The number of hydrogen-bond acceptors (Lipinski definition) is 4. The summed E-state index contributed by atoms with van der Waals surface area (Å²) in [7, 11) is -3.92. The second-order valence-corrected chi connectivity index (χ2v) is 3.22. The number of hydrogen-bond donors (Lipinski definition) is 3. The second kappa shape index (κ2) is 11.8. The summed E-state index contributed by atoms with van der Waals surface area (Å²) >= 11 is 0. The van der Waals surface area contributed by atoms with Crippen molar-refractivity contribution in [2.75, 3.05) is 18.9 Å². The van der Waals surface area contributed by atoms with Crippen LogP contribution < -0.4 is 35.3 Å². The molecule has 0 rings (SSSR count). The average molecular weight is 207 g/mol. The Morgan fingerprint density at radius 3 is 1.75 bits per heavy atom. The van der Waals surface area contributed by atoms with E-state index in [4.69, 9.17) is 15.4 Å². The van der Waals surface area contributed by atoms with Gasteiger partial charge in [-0.05, 0) is 6.54 Å². The van der Waals surface area contributed by atoms with Gasteiger partial charge in [-0.15, -0.1) is 0 Å². The number of aliphatic hydroxyl groups is 1. The third-order valence-corrected chi connectivity index (χ3v) is 1.25. The van der Waals surface area contributed by atoms with Crippen LogP contribution in [0.15, 0.2) is 0 Å². The van der Waals surface area contributed by atoms with Gasteiger partial charge in [-0.1, -0.05) is 0 Å². The quantitative estimate of drug-likeness (QED) is 0.249. The van der Waals surface area contributed by atoms with E-state index in [1.54, 1.807) is 0 Å². The van der Waals surface area contributed by atoms with Crippen LogP contribution in [-0.2, 0) is 10.1 Å². The van der Waals surface area contributed by atoms with E-state index in [9.17, 15) is 8.42 Å². The van der Waals surface area contributed by atoms with Crippen LogP contribution in [0.2, 0.25) is 0 Å². The molecule has 0 aromatic rings. The van der Waals surface area contributed by atoms with Gasteiger partial charge in [0, 0.05) is 0 Å². The molecule has 0 radical (unpaired) electrons. The largest absolute Gasteiger partial charge is 1.00 e. The molecule has 0 saturated heterocycles. The van der Waals surface area contributed by atoms with Crippen LogP contribution in [0, 0.1) is 6.92 Å². The average Bonchev–Trinajstić information content (AvgIpc) is 1.86. The first-order chi connectivity index (χ1) is 4.97. The van der Waals surface area contributed by atoms with Crippen molar-refractivity contribution in [1.29, 1.82) is 0 Å². The Labute approximate surface area is 95.4 Å². The summed E-state index contributed by atoms with van der Waals surface area (Å²) < 4.78 is 27.1. The Hall–Kier alpha value is 0.830. The molecule has 0 aliphatic heterocycles. The zero-order valence-corrected chi connectivity index (χ0v) is 10.0. The topological polar surface area (TPSA) is 101 Å². The molecule has 0 spiro atoms. The predicted molar refractivity (Wildman–Crippen MR) is 42.5 cm³/mol. The first kappa shape index (κ1) is 18.6. The summed E-state index contributed by atoms with van der Waals surface area (Å²) in [4.78, 5) is 0. The zero-order chi connectivity index (χ0) is 9.33. The molecule has 7 heteroatoms. The summed E-state index contributed by atoms with van der Waals surface area (Å²) in [6.07, 6.45) is 0.847. The third kappa shape index (κ3) is 30.8. The molecular formula is C5H14NNaO4S. The van der Waals surface area contributed by atoms with E-state index in [1.807, 2.05) is 0 Å². The fourth-order valence-corrected chi connectivity index (χ4v) is 0.346. The van der Waals surface area contributed by atoms with Crippen LogP contribution in [0.1, 0.15) is 6.42 Å². The summed E-state index contributed by atoms with van der Waals surface area (Å²) in [5, 5.41) is 7.86. The van der Waals surface area contributed by atoms with Crippen molar-refractivity contribution in [1.82, 2.24) is 0 Å². The molecule has 0 aliphatic rings. The Bertz CT molecular complexity index is 157. The SMILES string of the molecule is O=S(=O)(O)CCO.[CH2-]CCN.[Na+]. The first-order valence-corrected chi connectivity index (χ1v) is 4.64.